The van der Waals surface area contributed by atoms with Gasteiger partial charge in [0.2, 0.25) is 5.91 Å². The molecule has 0 radical (unpaired) electrons. The molecule has 0 heterocycles. The van der Waals surface area contributed by atoms with Crippen LogP contribution in [0.25, 0.3) is 0 Å². The fourth-order valence-electron chi connectivity index (χ4n) is 3.83. The van der Waals surface area contributed by atoms with Crippen molar-refractivity contribution in [2.45, 2.75) is 50.6 Å². The summed E-state index contributed by atoms with van der Waals surface area (Å²) in [7, 11) is 2.42. The number of carbonyl (C=O) groups is 4. The Kier molecular flexibility index (Phi) is 18.7. The zero-order chi connectivity index (χ0) is 29.9. The van der Waals surface area contributed by atoms with Crippen LogP contribution >= 0.6 is 0 Å². The number of amides is 2. The van der Waals surface area contributed by atoms with Crippen LogP contribution in [-0.4, -0.2) is 69.2 Å². The molecule has 1 aromatic carbocycles. The highest BCUT2D eigenvalue weighted by Gasteiger charge is 2.30. The lowest BCUT2D eigenvalue weighted by Crippen LogP contribution is -3.00. The maximum absolute atomic E-state index is 13.5. The Hall–Kier alpha value is -4.06. The minimum Gasteiger partial charge on any atom is -1.00 e. The quantitative estimate of drug-likeness (QED) is 0.0362. The Morgan fingerprint density at radius 3 is 2.22 bits per heavy atom. The minimum atomic E-state index is -0.958. The SMILES string of the molecule is C=CCOc1ccc(C[C@H](NC(=O)OC)C(=O)C[C@@H](CCCC[NH+]=C(N)N)C(=O)N[C@@H](CC=C)C(=O)OC)cc1.[Cl-]. The first-order valence-corrected chi connectivity index (χ1v) is 13.0. The van der Waals surface area contributed by atoms with E-state index >= 15 is 0 Å². The molecular weight excluding hydrogens is 554 g/mol. The second kappa shape index (κ2) is 20.8. The molecule has 0 spiro atoms. The van der Waals surface area contributed by atoms with E-state index in [4.69, 9.17) is 25.7 Å². The molecule has 12 nitrogen and oxygen atoms in total. The van der Waals surface area contributed by atoms with Crippen LogP contribution in [0.1, 0.15) is 37.7 Å². The van der Waals surface area contributed by atoms with Gasteiger partial charge >= 0.3 is 18.0 Å². The average Bonchev–Trinajstić information content (AvgIpc) is 2.94. The van der Waals surface area contributed by atoms with Crippen molar-refractivity contribution in [1.29, 1.82) is 0 Å². The van der Waals surface area contributed by atoms with Gasteiger partial charge in [0.1, 0.15) is 18.4 Å². The summed E-state index contributed by atoms with van der Waals surface area (Å²) in [5.74, 6) is -1.53. The lowest BCUT2D eigenvalue weighted by Gasteiger charge is -2.23. The molecule has 0 saturated carbocycles. The summed E-state index contributed by atoms with van der Waals surface area (Å²) in [6, 6.07) is 5.17. The third-order valence-electron chi connectivity index (χ3n) is 5.93. The van der Waals surface area contributed by atoms with Crippen LogP contribution in [0.15, 0.2) is 49.6 Å². The summed E-state index contributed by atoms with van der Waals surface area (Å²) in [5.41, 5.74) is 11.6. The van der Waals surface area contributed by atoms with E-state index in [-0.39, 0.29) is 43.4 Å². The highest BCUT2D eigenvalue weighted by atomic mass is 35.5. The molecule has 0 unspecified atom stereocenters. The van der Waals surface area contributed by atoms with Crippen molar-refractivity contribution < 1.29 is 50.8 Å². The number of hydrogen-bond donors (Lipinski definition) is 5. The predicted molar refractivity (Wildman–Crippen MR) is 150 cm³/mol. The maximum Gasteiger partial charge on any atom is 0.407 e. The van der Waals surface area contributed by atoms with E-state index < -0.39 is 36.0 Å². The van der Waals surface area contributed by atoms with E-state index in [9.17, 15) is 19.2 Å². The highest BCUT2D eigenvalue weighted by Crippen LogP contribution is 2.19. The largest absolute Gasteiger partial charge is 1.00 e. The number of methoxy groups -OCH3 is 2. The molecule has 3 atom stereocenters. The molecule has 1 rings (SSSR count). The Morgan fingerprint density at radius 2 is 1.66 bits per heavy atom. The number of benzene rings is 1. The van der Waals surface area contributed by atoms with Crippen LogP contribution in [0, 0.1) is 5.92 Å². The summed E-state index contributed by atoms with van der Waals surface area (Å²) < 4.78 is 15.0. The number of rotatable bonds is 19. The Labute approximate surface area is 247 Å². The molecule has 228 valence electrons. The maximum atomic E-state index is 13.5. The standard InChI is InChI=1S/C28H41N5O7.ClH/c1-5-9-22(26(36)38-3)32-25(35)20(10-7-8-15-31-27(29)30)18-24(34)23(33-28(37)39-4)17-19-11-13-21(14-12-19)40-16-6-2;/h5-6,11-14,20,22-23H,1-2,7-10,15-18H2,3-4H3,(H,32,35)(H,33,37)(H4,29,30,31);1H/t20-,22+,23+;/m1./s1. The minimum absolute atomic E-state index is 0. The molecule has 0 bridgehead atoms. The van der Waals surface area contributed by atoms with Gasteiger partial charge in [-0.15, -0.1) is 6.58 Å². The van der Waals surface area contributed by atoms with E-state index in [0.29, 0.717) is 38.2 Å². The van der Waals surface area contributed by atoms with Crippen molar-refractivity contribution in [3.8, 4) is 5.75 Å². The Balaban J connectivity index is 0.0000160. The molecule has 0 aliphatic heterocycles. The molecular formula is C28H42ClN5O7. The molecule has 0 aliphatic carbocycles. The fraction of sp³-hybridized carbons (Fsp3) is 0.464. The van der Waals surface area contributed by atoms with Gasteiger partial charge in [-0.1, -0.05) is 30.9 Å². The van der Waals surface area contributed by atoms with E-state index in [1.54, 1.807) is 30.3 Å². The lowest BCUT2D eigenvalue weighted by atomic mass is 9.90. The lowest BCUT2D eigenvalue weighted by molar-refractivity contribution is -0.459. The number of ether oxygens (including phenoxy) is 3. The van der Waals surface area contributed by atoms with E-state index in [0.717, 1.165) is 5.56 Å². The number of ketones is 1. The van der Waals surface area contributed by atoms with Gasteiger partial charge < -0.3 is 37.3 Å². The number of Topliss-reactive ketones (excluding diaryl/α,β-unsaturated/α-hetero) is 1. The van der Waals surface area contributed by atoms with Gasteiger partial charge in [-0.2, -0.15) is 0 Å². The topological polar surface area (TPSA) is 186 Å². The van der Waals surface area contributed by atoms with Gasteiger partial charge in [0.15, 0.2) is 5.78 Å². The molecule has 13 heteroatoms. The van der Waals surface area contributed by atoms with E-state index in [1.807, 2.05) is 0 Å². The smallest absolute Gasteiger partial charge is 0.407 e. The number of halogens is 1. The monoisotopic (exact) mass is 595 g/mol. The average molecular weight is 596 g/mol. The molecule has 41 heavy (non-hydrogen) atoms. The number of nitrogens with two attached hydrogens (primary N) is 2. The molecule has 1 aromatic rings. The molecule has 0 aliphatic rings. The first-order chi connectivity index (χ1) is 19.1. The third-order valence-corrected chi connectivity index (χ3v) is 5.93. The number of unbranched alkanes of at least 4 members (excludes halogenated alkanes) is 1. The van der Waals surface area contributed by atoms with Crippen LogP contribution in [0.5, 0.6) is 5.75 Å². The van der Waals surface area contributed by atoms with Gasteiger partial charge in [0.25, 0.3) is 0 Å². The van der Waals surface area contributed by atoms with E-state index in [1.165, 1.54) is 20.3 Å². The molecule has 0 saturated heterocycles. The number of guanidine groups is 1. The fourth-order valence-corrected chi connectivity index (χ4v) is 3.83. The Bertz CT molecular complexity index is 1030. The van der Waals surface area contributed by atoms with Gasteiger partial charge in [-0.3, -0.25) is 26.0 Å². The number of esters is 1. The van der Waals surface area contributed by atoms with Crippen LogP contribution in [0.2, 0.25) is 0 Å². The normalized spacial score (nSPS) is 12.2. The number of alkyl carbamates (subject to hydrolysis) is 1. The zero-order valence-corrected chi connectivity index (χ0v) is 24.4. The molecule has 0 fully saturated rings. The summed E-state index contributed by atoms with van der Waals surface area (Å²) in [5, 5.41) is 5.24. The summed E-state index contributed by atoms with van der Waals surface area (Å²) in [4.78, 5) is 53.7. The van der Waals surface area contributed by atoms with Crippen molar-refractivity contribution in [2.24, 2.45) is 17.4 Å². The molecule has 0 aromatic heterocycles. The zero-order valence-electron chi connectivity index (χ0n) is 23.7. The third kappa shape index (κ3) is 14.8. The van der Waals surface area contributed by atoms with Crippen LogP contribution in [-0.2, 0) is 30.3 Å². The van der Waals surface area contributed by atoms with Gasteiger partial charge in [0.05, 0.1) is 26.8 Å². The van der Waals surface area contributed by atoms with Crippen molar-refractivity contribution in [3.63, 3.8) is 0 Å². The number of hydrogen-bond acceptors (Lipinski definition) is 7. The van der Waals surface area contributed by atoms with Crippen LogP contribution in [0.3, 0.4) is 0 Å². The van der Waals surface area contributed by atoms with E-state index in [2.05, 4.69) is 28.8 Å². The van der Waals surface area contributed by atoms with Gasteiger partial charge in [-0.05, 0) is 49.8 Å². The van der Waals surface area contributed by atoms with Gasteiger partial charge in [0, 0.05) is 12.3 Å². The first-order valence-electron chi connectivity index (χ1n) is 13.0. The summed E-state index contributed by atoms with van der Waals surface area (Å²) in [6.07, 6.45) is 4.03. The first kappa shape index (κ1) is 36.9. The molecule has 7 N–H and O–H groups in total. The van der Waals surface area contributed by atoms with Crippen LogP contribution < -0.4 is 44.2 Å². The van der Waals surface area contributed by atoms with Crippen molar-refractivity contribution >= 4 is 29.7 Å². The highest BCUT2D eigenvalue weighted by molar-refractivity contribution is 5.93. The van der Waals surface area contributed by atoms with Crippen molar-refractivity contribution in [2.75, 3.05) is 27.4 Å². The predicted octanol–water partition coefficient (Wildman–Crippen LogP) is -3.14. The van der Waals surface area contributed by atoms with Gasteiger partial charge in [-0.25, -0.2) is 9.59 Å². The van der Waals surface area contributed by atoms with Crippen molar-refractivity contribution in [3.05, 3.63) is 55.1 Å². The second-order valence-corrected chi connectivity index (χ2v) is 8.99. The number of carbonyl (C=O) groups excluding carboxylic acids is 4. The van der Waals surface area contributed by atoms with Crippen LogP contribution in [0.4, 0.5) is 4.79 Å². The summed E-state index contributed by atoms with van der Waals surface area (Å²) in [6.45, 7) is 8.07. The van der Waals surface area contributed by atoms with Crippen molar-refractivity contribution in [1.82, 2.24) is 10.6 Å². The number of nitrogens with one attached hydrogen (secondary N) is 3. The Morgan fingerprint density at radius 1 is 0.976 bits per heavy atom. The summed E-state index contributed by atoms with van der Waals surface area (Å²) >= 11 is 0. The second-order valence-electron chi connectivity index (χ2n) is 8.99. The molecule has 2 amide bonds.